The van der Waals surface area contributed by atoms with Gasteiger partial charge in [-0.05, 0) is 12.5 Å². The molecule has 0 spiro atoms. The van der Waals surface area contributed by atoms with Gasteiger partial charge in [0.2, 0.25) is 0 Å². The van der Waals surface area contributed by atoms with Gasteiger partial charge >= 0.3 is 0 Å². The first kappa shape index (κ1) is 14.3. The van der Waals surface area contributed by atoms with Gasteiger partial charge in [0.1, 0.15) is 6.26 Å². The summed E-state index contributed by atoms with van der Waals surface area (Å²) in [5.41, 5.74) is 1.78. The number of hydrogen-bond donors (Lipinski definition) is 0. The van der Waals surface area contributed by atoms with Crippen molar-refractivity contribution in [3.05, 3.63) is 40.2 Å². The van der Waals surface area contributed by atoms with Crippen molar-refractivity contribution >= 4 is 17.2 Å². The smallest absolute Gasteiger partial charge is 0.257 e. The Bertz CT molecular complexity index is 586. The van der Waals surface area contributed by atoms with E-state index in [9.17, 15) is 4.79 Å². The molecule has 3 heterocycles. The van der Waals surface area contributed by atoms with Crippen LogP contribution in [0.4, 0.5) is 0 Å². The molecule has 1 saturated heterocycles. The number of carbonyl (C=O) groups is 1. The summed E-state index contributed by atoms with van der Waals surface area (Å²) in [4.78, 5) is 21.0. The largest absolute Gasteiger partial charge is 0.472 e. The van der Waals surface area contributed by atoms with Crippen molar-refractivity contribution < 1.29 is 9.21 Å². The number of thiazole rings is 1. The Morgan fingerprint density at radius 3 is 2.81 bits per heavy atom. The van der Waals surface area contributed by atoms with Gasteiger partial charge in [-0.3, -0.25) is 9.69 Å². The van der Waals surface area contributed by atoms with Crippen molar-refractivity contribution in [2.75, 3.05) is 26.2 Å². The molecule has 112 valence electrons. The van der Waals surface area contributed by atoms with Gasteiger partial charge in [0, 0.05) is 38.1 Å². The Morgan fingerprint density at radius 1 is 1.38 bits per heavy atom. The maximum atomic E-state index is 12.2. The standard InChI is InChI=1S/C15H19N3O2S/c1-2-14-16-13(11-21-14)9-17-4-6-18(7-5-17)15(19)12-3-8-20-10-12/h3,8,10-11H,2,4-7,9H2,1H3. The van der Waals surface area contributed by atoms with E-state index in [0.717, 1.165) is 44.8 Å². The lowest BCUT2D eigenvalue weighted by Gasteiger charge is -2.34. The van der Waals surface area contributed by atoms with E-state index in [-0.39, 0.29) is 5.91 Å². The molecule has 5 nitrogen and oxygen atoms in total. The number of aryl methyl sites for hydroxylation is 1. The highest BCUT2D eigenvalue weighted by atomic mass is 32.1. The molecule has 0 radical (unpaired) electrons. The van der Waals surface area contributed by atoms with Crippen molar-refractivity contribution in [2.45, 2.75) is 19.9 Å². The highest BCUT2D eigenvalue weighted by Gasteiger charge is 2.23. The fraction of sp³-hybridized carbons (Fsp3) is 0.467. The molecule has 0 bridgehead atoms. The zero-order chi connectivity index (χ0) is 14.7. The Balaban J connectivity index is 1.52. The van der Waals surface area contributed by atoms with Crippen molar-refractivity contribution in [1.29, 1.82) is 0 Å². The number of piperazine rings is 1. The third-order valence-corrected chi connectivity index (χ3v) is 4.76. The quantitative estimate of drug-likeness (QED) is 0.869. The van der Waals surface area contributed by atoms with E-state index in [1.165, 1.54) is 17.5 Å². The highest BCUT2D eigenvalue weighted by Crippen LogP contribution is 2.14. The molecular formula is C15H19N3O2S. The van der Waals surface area contributed by atoms with Crippen LogP contribution in [0.25, 0.3) is 0 Å². The maximum Gasteiger partial charge on any atom is 0.257 e. The van der Waals surface area contributed by atoms with Crippen LogP contribution >= 0.6 is 11.3 Å². The van der Waals surface area contributed by atoms with Crippen LogP contribution in [0.3, 0.4) is 0 Å². The third kappa shape index (κ3) is 3.33. The molecule has 2 aromatic heterocycles. The number of aromatic nitrogens is 1. The van der Waals surface area contributed by atoms with Crippen LogP contribution in [0.5, 0.6) is 0 Å². The van der Waals surface area contributed by atoms with E-state index in [2.05, 4.69) is 22.2 Å². The lowest BCUT2D eigenvalue weighted by atomic mass is 10.2. The van der Waals surface area contributed by atoms with Crippen molar-refractivity contribution in [2.24, 2.45) is 0 Å². The molecule has 21 heavy (non-hydrogen) atoms. The number of hydrogen-bond acceptors (Lipinski definition) is 5. The van der Waals surface area contributed by atoms with Crippen molar-refractivity contribution in [3.8, 4) is 0 Å². The van der Waals surface area contributed by atoms with Crippen LogP contribution in [0.15, 0.2) is 28.4 Å². The molecule has 3 rings (SSSR count). The Morgan fingerprint density at radius 2 is 2.19 bits per heavy atom. The van der Waals surface area contributed by atoms with E-state index in [1.807, 2.05) is 4.90 Å². The second-order valence-corrected chi connectivity index (χ2v) is 6.11. The van der Waals surface area contributed by atoms with E-state index in [4.69, 9.17) is 4.42 Å². The molecule has 0 aliphatic carbocycles. The van der Waals surface area contributed by atoms with Gasteiger partial charge in [-0.2, -0.15) is 0 Å². The Kier molecular flexibility index (Phi) is 4.36. The van der Waals surface area contributed by atoms with Crippen molar-refractivity contribution in [1.82, 2.24) is 14.8 Å². The zero-order valence-electron chi connectivity index (χ0n) is 12.1. The van der Waals surface area contributed by atoms with Crippen LogP contribution in [0.1, 0.15) is 28.0 Å². The van der Waals surface area contributed by atoms with Gasteiger partial charge in [0.25, 0.3) is 5.91 Å². The normalized spacial score (nSPS) is 16.3. The van der Waals surface area contributed by atoms with Gasteiger partial charge < -0.3 is 9.32 Å². The first-order valence-corrected chi connectivity index (χ1v) is 8.11. The van der Waals surface area contributed by atoms with Crippen LogP contribution < -0.4 is 0 Å². The minimum atomic E-state index is 0.0605. The minimum absolute atomic E-state index is 0.0605. The van der Waals surface area contributed by atoms with Gasteiger partial charge in [0.15, 0.2) is 0 Å². The predicted molar refractivity (Wildman–Crippen MR) is 81.4 cm³/mol. The van der Waals surface area contributed by atoms with E-state index < -0.39 is 0 Å². The first-order valence-electron chi connectivity index (χ1n) is 7.23. The highest BCUT2D eigenvalue weighted by molar-refractivity contribution is 7.09. The van der Waals surface area contributed by atoms with Crippen LogP contribution in [-0.4, -0.2) is 46.9 Å². The van der Waals surface area contributed by atoms with E-state index in [1.54, 1.807) is 17.4 Å². The molecular weight excluding hydrogens is 286 g/mol. The molecule has 6 heteroatoms. The number of rotatable bonds is 4. The van der Waals surface area contributed by atoms with Crippen LogP contribution in [0.2, 0.25) is 0 Å². The monoisotopic (exact) mass is 305 g/mol. The summed E-state index contributed by atoms with van der Waals surface area (Å²) in [6, 6.07) is 1.72. The van der Waals surface area contributed by atoms with Gasteiger partial charge in [-0.15, -0.1) is 11.3 Å². The van der Waals surface area contributed by atoms with Gasteiger partial charge in [0.05, 0.1) is 22.5 Å². The molecule has 0 unspecified atom stereocenters. The van der Waals surface area contributed by atoms with Crippen LogP contribution in [0, 0.1) is 0 Å². The minimum Gasteiger partial charge on any atom is -0.472 e. The van der Waals surface area contributed by atoms with E-state index >= 15 is 0 Å². The molecule has 0 N–H and O–H groups in total. The van der Waals surface area contributed by atoms with Gasteiger partial charge in [-0.25, -0.2) is 4.98 Å². The number of furan rings is 1. The molecule has 1 fully saturated rings. The summed E-state index contributed by atoms with van der Waals surface area (Å²) in [7, 11) is 0. The summed E-state index contributed by atoms with van der Waals surface area (Å²) < 4.78 is 4.97. The SMILES string of the molecule is CCc1nc(CN2CCN(C(=O)c3ccoc3)CC2)cs1. The fourth-order valence-corrected chi connectivity index (χ4v) is 3.23. The summed E-state index contributed by atoms with van der Waals surface area (Å²) in [6.45, 7) is 6.31. The zero-order valence-corrected chi connectivity index (χ0v) is 12.9. The van der Waals surface area contributed by atoms with Crippen LogP contribution in [-0.2, 0) is 13.0 Å². The maximum absolute atomic E-state index is 12.2. The number of nitrogens with zero attached hydrogens (tertiary/aromatic N) is 3. The van der Waals surface area contributed by atoms with Gasteiger partial charge in [-0.1, -0.05) is 6.92 Å². The molecule has 0 saturated carbocycles. The molecule has 1 amide bonds. The average molecular weight is 305 g/mol. The topological polar surface area (TPSA) is 49.6 Å². The summed E-state index contributed by atoms with van der Waals surface area (Å²) in [5, 5.41) is 3.33. The molecule has 0 aromatic carbocycles. The summed E-state index contributed by atoms with van der Waals surface area (Å²) >= 11 is 1.73. The molecule has 0 atom stereocenters. The summed E-state index contributed by atoms with van der Waals surface area (Å²) in [5.74, 6) is 0.0605. The molecule has 2 aromatic rings. The number of carbonyl (C=O) groups excluding carboxylic acids is 1. The predicted octanol–water partition coefficient (Wildman–Crippen LogP) is 2.26. The first-order chi connectivity index (χ1) is 10.3. The Labute approximate surface area is 128 Å². The molecule has 1 aliphatic rings. The summed E-state index contributed by atoms with van der Waals surface area (Å²) in [6.07, 6.45) is 4.05. The fourth-order valence-electron chi connectivity index (χ4n) is 2.49. The number of amides is 1. The lowest BCUT2D eigenvalue weighted by Crippen LogP contribution is -2.48. The van der Waals surface area contributed by atoms with E-state index in [0.29, 0.717) is 5.56 Å². The Hall–Kier alpha value is -1.66. The molecule has 1 aliphatic heterocycles. The second kappa shape index (κ2) is 6.41. The lowest BCUT2D eigenvalue weighted by molar-refractivity contribution is 0.0626. The second-order valence-electron chi connectivity index (χ2n) is 5.17. The third-order valence-electron chi connectivity index (χ3n) is 3.71. The van der Waals surface area contributed by atoms with Crippen molar-refractivity contribution in [3.63, 3.8) is 0 Å². The average Bonchev–Trinajstić information content (AvgIpc) is 3.19.